The van der Waals surface area contributed by atoms with Gasteiger partial charge in [0.05, 0.1) is 12.2 Å². The van der Waals surface area contributed by atoms with Gasteiger partial charge in [-0.1, -0.05) is 29.8 Å². The Kier molecular flexibility index (Phi) is 9.27. The molecule has 1 N–H and O–H groups in total. The predicted octanol–water partition coefficient (Wildman–Crippen LogP) is 4.88. The van der Waals surface area contributed by atoms with Gasteiger partial charge in [0.25, 0.3) is 0 Å². The summed E-state index contributed by atoms with van der Waals surface area (Å²) in [5, 5.41) is 11.2. The minimum atomic E-state index is -0.789. The molecule has 2 aliphatic rings. The van der Waals surface area contributed by atoms with Crippen molar-refractivity contribution in [2.45, 2.75) is 70.9 Å². The summed E-state index contributed by atoms with van der Waals surface area (Å²) in [5.74, 6) is 2.02. The summed E-state index contributed by atoms with van der Waals surface area (Å²) in [6.45, 7) is 9.45. The highest BCUT2D eigenvalue weighted by atomic mass is 16.5. The highest BCUT2D eigenvalue weighted by Gasteiger charge is 2.31. The number of aryl methyl sites for hydroxylation is 2. The van der Waals surface area contributed by atoms with Gasteiger partial charge in [-0.3, -0.25) is 9.69 Å². The Balaban J connectivity index is 1.18. The number of hydrogen-bond donors (Lipinski definition) is 1. The van der Waals surface area contributed by atoms with Gasteiger partial charge < -0.3 is 19.5 Å². The number of likely N-dealkylation sites (tertiary alicyclic amines) is 2. The van der Waals surface area contributed by atoms with Crippen LogP contribution in [0.2, 0.25) is 0 Å². The number of benzene rings is 2. The van der Waals surface area contributed by atoms with Crippen LogP contribution >= 0.6 is 0 Å². The Morgan fingerprint density at radius 3 is 2.56 bits per heavy atom. The molecule has 36 heavy (non-hydrogen) atoms. The third-order valence-electron chi connectivity index (χ3n) is 7.43. The normalized spacial score (nSPS) is 21.3. The van der Waals surface area contributed by atoms with E-state index in [4.69, 9.17) is 9.47 Å². The van der Waals surface area contributed by atoms with Crippen LogP contribution < -0.4 is 9.47 Å². The maximum Gasteiger partial charge on any atom is 0.222 e. The summed E-state index contributed by atoms with van der Waals surface area (Å²) >= 11 is 0. The van der Waals surface area contributed by atoms with E-state index in [-0.39, 0.29) is 5.91 Å². The maximum absolute atomic E-state index is 11.9. The molecule has 2 aromatic rings. The molecule has 0 aliphatic carbocycles. The molecule has 2 fully saturated rings. The van der Waals surface area contributed by atoms with Crippen molar-refractivity contribution in [1.82, 2.24) is 9.80 Å². The molecule has 6 nitrogen and oxygen atoms in total. The van der Waals surface area contributed by atoms with Gasteiger partial charge in [0.2, 0.25) is 5.91 Å². The molecule has 196 valence electrons. The maximum atomic E-state index is 11.9. The molecule has 2 heterocycles. The van der Waals surface area contributed by atoms with Gasteiger partial charge in [0, 0.05) is 32.6 Å². The molecule has 2 saturated heterocycles. The number of piperidine rings is 1. The van der Waals surface area contributed by atoms with E-state index >= 15 is 0 Å². The van der Waals surface area contributed by atoms with Crippen molar-refractivity contribution in [3.05, 3.63) is 59.2 Å². The summed E-state index contributed by atoms with van der Waals surface area (Å²) in [6, 6.07) is 14.5. The van der Waals surface area contributed by atoms with Crippen LogP contribution in [0.1, 0.15) is 61.6 Å². The molecule has 1 atom stereocenters. The molecule has 2 aromatic carbocycles. The number of amides is 1. The number of carbonyl (C=O) groups excluding carboxylic acids is 1. The Morgan fingerprint density at radius 2 is 1.78 bits per heavy atom. The van der Waals surface area contributed by atoms with Crippen LogP contribution in [0.5, 0.6) is 11.5 Å². The van der Waals surface area contributed by atoms with E-state index in [0.29, 0.717) is 26.1 Å². The Hall–Kier alpha value is -2.57. The summed E-state index contributed by atoms with van der Waals surface area (Å²) < 4.78 is 11.9. The molecule has 0 aromatic heterocycles. The molecular formula is C30H42N2O4. The SMILES string of the molecule is Cc1ccc(OC[C@]2(O)CCCN(Cc3ccc(OCCCN4CCCCC4=O)cc3)CC2)c(C)c1. The lowest BCUT2D eigenvalue weighted by Gasteiger charge is -2.27. The zero-order valence-electron chi connectivity index (χ0n) is 22.0. The molecule has 1 amide bonds. The smallest absolute Gasteiger partial charge is 0.222 e. The molecule has 0 unspecified atom stereocenters. The van der Waals surface area contributed by atoms with E-state index in [9.17, 15) is 9.90 Å². The first-order chi connectivity index (χ1) is 17.4. The van der Waals surface area contributed by atoms with Gasteiger partial charge in [-0.15, -0.1) is 0 Å². The molecule has 0 radical (unpaired) electrons. The fourth-order valence-electron chi connectivity index (χ4n) is 5.20. The van der Waals surface area contributed by atoms with Crippen molar-refractivity contribution in [3.8, 4) is 11.5 Å². The highest BCUT2D eigenvalue weighted by molar-refractivity contribution is 5.76. The van der Waals surface area contributed by atoms with Gasteiger partial charge in [0.1, 0.15) is 18.1 Å². The Morgan fingerprint density at radius 1 is 0.944 bits per heavy atom. The number of aliphatic hydroxyl groups is 1. The van der Waals surface area contributed by atoms with Gasteiger partial charge in [-0.25, -0.2) is 0 Å². The zero-order chi connectivity index (χ0) is 25.4. The Labute approximate surface area is 216 Å². The molecule has 2 aliphatic heterocycles. The average molecular weight is 495 g/mol. The highest BCUT2D eigenvalue weighted by Crippen LogP contribution is 2.27. The van der Waals surface area contributed by atoms with Crippen LogP contribution in [-0.2, 0) is 11.3 Å². The standard InChI is InChI=1S/C30H42N2O4/c1-24-8-13-28(25(2)21-24)36-23-30(34)14-5-16-31(19-15-30)22-26-9-11-27(12-10-26)35-20-6-18-32-17-4-3-7-29(32)33/h8-13,21,34H,3-7,14-20,22-23H2,1-2H3/t30-/m0/s1. The van der Waals surface area contributed by atoms with Gasteiger partial charge >= 0.3 is 0 Å². The molecule has 0 bridgehead atoms. The zero-order valence-corrected chi connectivity index (χ0v) is 22.0. The van der Waals surface area contributed by atoms with Crippen LogP contribution in [0.25, 0.3) is 0 Å². The van der Waals surface area contributed by atoms with Gasteiger partial charge in [-0.2, -0.15) is 0 Å². The topological polar surface area (TPSA) is 62.2 Å². The second kappa shape index (κ2) is 12.6. The van der Waals surface area contributed by atoms with Crippen LogP contribution in [-0.4, -0.2) is 65.8 Å². The lowest BCUT2D eigenvalue weighted by molar-refractivity contribution is -0.133. The monoisotopic (exact) mass is 494 g/mol. The third-order valence-corrected chi connectivity index (χ3v) is 7.43. The van der Waals surface area contributed by atoms with E-state index in [1.165, 1.54) is 11.1 Å². The number of rotatable bonds is 10. The minimum Gasteiger partial charge on any atom is -0.494 e. The summed E-state index contributed by atoms with van der Waals surface area (Å²) in [5.41, 5.74) is 2.79. The van der Waals surface area contributed by atoms with Crippen molar-refractivity contribution in [2.24, 2.45) is 0 Å². The van der Waals surface area contributed by atoms with Crippen LogP contribution in [0, 0.1) is 13.8 Å². The number of nitrogens with zero attached hydrogens (tertiary/aromatic N) is 2. The molecule has 4 rings (SSSR count). The van der Waals surface area contributed by atoms with Crippen molar-refractivity contribution in [2.75, 3.05) is 39.4 Å². The van der Waals surface area contributed by atoms with E-state index in [2.05, 4.69) is 43.0 Å². The predicted molar refractivity (Wildman–Crippen MR) is 142 cm³/mol. The molecule has 0 saturated carbocycles. The second-order valence-corrected chi connectivity index (χ2v) is 10.6. The summed E-state index contributed by atoms with van der Waals surface area (Å²) in [6.07, 6.45) is 6.11. The lowest BCUT2D eigenvalue weighted by Crippen LogP contribution is -2.37. The fourth-order valence-corrected chi connectivity index (χ4v) is 5.20. The molecule has 0 spiro atoms. The molecular weight excluding hydrogens is 452 g/mol. The van der Waals surface area contributed by atoms with Crippen LogP contribution in [0.3, 0.4) is 0 Å². The first kappa shape index (κ1) is 26.5. The number of carbonyl (C=O) groups is 1. The van der Waals surface area contributed by atoms with Crippen LogP contribution in [0.15, 0.2) is 42.5 Å². The van der Waals surface area contributed by atoms with Gasteiger partial charge in [0.15, 0.2) is 0 Å². The quantitative estimate of drug-likeness (QED) is 0.477. The first-order valence-corrected chi connectivity index (χ1v) is 13.5. The summed E-state index contributed by atoms with van der Waals surface area (Å²) in [4.78, 5) is 16.3. The van der Waals surface area contributed by atoms with E-state index in [0.717, 1.165) is 81.9 Å². The first-order valence-electron chi connectivity index (χ1n) is 13.5. The van der Waals surface area contributed by atoms with Crippen molar-refractivity contribution in [3.63, 3.8) is 0 Å². The minimum absolute atomic E-state index is 0.284. The van der Waals surface area contributed by atoms with Crippen LogP contribution in [0.4, 0.5) is 0 Å². The largest absolute Gasteiger partial charge is 0.494 e. The number of ether oxygens (including phenoxy) is 2. The van der Waals surface area contributed by atoms with Crippen molar-refractivity contribution in [1.29, 1.82) is 0 Å². The van der Waals surface area contributed by atoms with Gasteiger partial charge in [-0.05, 0) is 88.2 Å². The fraction of sp³-hybridized carbons (Fsp3) is 0.567. The lowest BCUT2D eigenvalue weighted by atomic mass is 9.96. The Bertz CT molecular complexity index is 993. The summed E-state index contributed by atoms with van der Waals surface area (Å²) in [7, 11) is 0. The van der Waals surface area contributed by atoms with Crippen molar-refractivity contribution < 1.29 is 19.4 Å². The molecule has 6 heteroatoms. The van der Waals surface area contributed by atoms with E-state index in [1.807, 2.05) is 23.1 Å². The second-order valence-electron chi connectivity index (χ2n) is 10.6. The van der Waals surface area contributed by atoms with E-state index < -0.39 is 5.60 Å². The number of hydrogen-bond acceptors (Lipinski definition) is 5. The third kappa shape index (κ3) is 7.71. The van der Waals surface area contributed by atoms with Crippen molar-refractivity contribution >= 4 is 5.91 Å². The average Bonchev–Trinajstić information content (AvgIpc) is 3.05. The van der Waals surface area contributed by atoms with E-state index in [1.54, 1.807) is 0 Å².